The van der Waals surface area contributed by atoms with Crippen molar-refractivity contribution in [3.05, 3.63) is 0 Å². The molecule has 0 aromatic carbocycles. The molecule has 0 radical (unpaired) electrons. The second-order valence-corrected chi connectivity index (χ2v) is 5.58. The maximum absolute atomic E-state index is 11.4. The Labute approximate surface area is 108 Å². The second-order valence-electron chi connectivity index (χ2n) is 4.40. The highest BCUT2D eigenvalue weighted by atomic mass is 32.2. The molecule has 1 heterocycles. The van der Waals surface area contributed by atoms with Crippen LogP contribution in [0.3, 0.4) is 0 Å². The summed E-state index contributed by atoms with van der Waals surface area (Å²) in [5, 5.41) is 1.99. The van der Waals surface area contributed by atoms with E-state index in [0.717, 1.165) is 12.2 Å². The summed E-state index contributed by atoms with van der Waals surface area (Å²) in [6.07, 6.45) is 7.52. The van der Waals surface area contributed by atoms with E-state index in [-0.39, 0.29) is 17.3 Å². The smallest absolute Gasteiger partial charge is 0.306 e. The Kier molecular flexibility index (Phi) is 6.40. The highest BCUT2D eigenvalue weighted by Gasteiger charge is 2.35. The molecule has 3 amide bonds. The molecule has 1 N–H and O–H groups in total. The van der Waals surface area contributed by atoms with Gasteiger partial charge in [-0.15, -0.1) is 11.8 Å². The van der Waals surface area contributed by atoms with Crippen LogP contribution in [-0.2, 0) is 4.79 Å². The van der Waals surface area contributed by atoms with Crippen LogP contribution in [0.5, 0.6) is 0 Å². The van der Waals surface area contributed by atoms with Crippen molar-refractivity contribution in [3.8, 4) is 0 Å². The minimum Gasteiger partial charge on any atom is -0.306 e. The number of nitrogens with one attached hydrogen (secondary N) is 1. The standard InChI is InChI=1S/C12H22N2O2S/c1-3-4-5-6-7-8-9-17-11-10(15)13-12(16)14(11)2/h11H,3-9H2,1-2H3,(H,13,15,16). The molecule has 5 heteroatoms. The van der Waals surface area contributed by atoms with Gasteiger partial charge in [-0.2, -0.15) is 0 Å². The number of nitrogens with zero attached hydrogens (tertiary/aromatic N) is 1. The largest absolute Gasteiger partial charge is 0.325 e. The van der Waals surface area contributed by atoms with E-state index in [2.05, 4.69) is 12.2 Å². The molecule has 1 aliphatic heterocycles. The van der Waals surface area contributed by atoms with Gasteiger partial charge in [0.15, 0.2) is 5.37 Å². The molecule has 98 valence electrons. The van der Waals surface area contributed by atoms with Crippen LogP contribution in [0.2, 0.25) is 0 Å². The summed E-state index contributed by atoms with van der Waals surface area (Å²) in [6, 6.07) is -0.282. The van der Waals surface area contributed by atoms with Gasteiger partial charge >= 0.3 is 6.03 Å². The van der Waals surface area contributed by atoms with Gasteiger partial charge in [0.1, 0.15) is 0 Å². The number of urea groups is 1. The molecule has 1 saturated heterocycles. The van der Waals surface area contributed by atoms with Gasteiger partial charge in [0.25, 0.3) is 5.91 Å². The first-order valence-electron chi connectivity index (χ1n) is 6.36. The molecule has 17 heavy (non-hydrogen) atoms. The number of carbonyl (C=O) groups is 2. The van der Waals surface area contributed by atoms with Crippen molar-refractivity contribution in [3.63, 3.8) is 0 Å². The lowest BCUT2D eigenvalue weighted by molar-refractivity contribution is -0.119. The summed E-state index contributed by atoms with van der Waals surface area (Å²) in [6.45, 7) is 2.21. The van der Waals surface area contributed by atoms with Crippen LogP contribution in [0.1, 0.15) is 45.4 Å². The Balaban J connectivity index is 2.06. The Morgan fingerprint density at radius 2 is 1.82 bits per heavy atom. The molecule has 0 aromatic heterocycles. The van der Waals surface area contributed by atoms with Crippen LogP contribution in [0.4, 0.5) is 4.79 Å². The Morgan fingerprint density at radius 3 is 2.41 bits per heavy atom. The summed E-state index contributed by atoms with van der Waals surface area (Å²) in [5.74, 6) is 0.774. The lowest BCUT2D eigenvalue weighted by atomic mass is 10.1. The number of unbranched alkanes of at least 4 members (excludes halogenated alkanes) is 5. The number of rotatable bonds is 8. The molecule has 1 rings (SSSR count). The predicted octanol–water partition coefficient (Wildman–Crippen LogP) is 2.59. The van der Waals surface area contributed by atoms with Gasteiger partial charge in [-0.05, 0) is 12.2 Å². The average molecular weight is 258 g/mol. The first-order valence-corrected chi connectivity index (χ1v) is 7.41. The van der Waals surface area contributed by atoms with Gasteiger partial charge in [-0.25, -0.2) is 4.79 Å². The third-order valence-electron chi connectivity index (χ3n) is 2.90. The quantitative estimate of drug-likeness (QED) is 0.538. The van der Waals surface area contributed by atoms with E-state index in [9.17, 15) is 9.59 Å². The fourth-order valence-electron chi connectivity index (χ4n) is 1.80. The van der Waals surface area contributed by atoms with Crippen LogP contribution in [-0.4, -0.2) is 35.0 Å². The van der Waals surface area contributed by atoms with Gasteiger partial charge < -0.3 is 4.90 Å². The number of amides is 3. The van der Waals surface area contributed by atoms with Crippen molar-refractivity contribution in [1.29, 1.82) is 0 Å². The molecular formula is C12H22N2O2S. The molecule has 0 saturated carbocycles. The van der Waals surface area contributed by atoms with Crippen LogP contribution >= 0.6 is 11.8 Å². The van der Waals surface area contributed by atoms with Crippen molar-refractivity contribution < 1.29 is 9.59 Å². The van der Waals surface area contributed by atoms with Crippen molar-refractivity contribution >= 4 is 23.7 Å². The van der Waals surface area contributed by atoms with Gasteiger partial charge in [0.2, 0.25) is 0 Å². The number of hydrogen-bond donors (Lipinski definition) is 1. The van der Waals surface area contributed by atoms with E-state index in [0.29, 0.717) is 0 Å². The molecule has 0 bridgehead atoms. The molecule has 0 aromatic rings. The van der Waals surface area contributed by atoms with E-state index in [1.165, 1.54) is 37.0 Å². The Morgan fingerprint density at radius 1 is 1.18 bits per heavy atom. The zero-order chi connectivity index (χ0) is 12.7. The van der Waals surface area contributed by atoms with Crippen molar-refractivity contribution in [1.82, 2.24) is 10.2 Å². The molecule has 4 nitrogen and oxygen atoms in total. The molecule has 1 unspecified atom stereocenters. The lowest BCUT2D eigenvalue weighted by Crippen LogP contribution is -2.28. The Hall–Kier alpha value is -0.710. The van der Waals surface area contributed by atoms with Crippen LogP contribution in [0.25, 0.3) is 0 Å². The molecule has 1 fully saturated rings. The zero-order valence-electron chi connectivity index (χ0n) is 10.7. The van der Waals surface area contributed by atoms with E-state index in [1.807, 2.05) is 0 Å². The third kappa shape index (κ3) is 4.58. The summed E-state index contributed by atoms with van der Waals surface area (Å²) in [7, 11) is 1.67. The molecule has 1 aliphatic rings. The third-order valence-corrected chi connectivity index (χ3v) is 4.27. The summed E-state index contributed by atoms with van der Waals surface area (Å²) in [4.78, 5) is 24.1. The fraction of sp³-hybridized carbons (Fsp3) is 0.833. The highest BCUT2D eigenvalue weighted by Crippen LogP contribution is 2.21. The van der Waals surface area contributed by atoms with Gasteiger partial charge in [-0.3, -0.25) is 10.1 Å². The first kappa shape index (κ1) is 14.4. The van der Waals surface area contributed by atoms with Crippen molar-refractivity contribution in [2.24, 2.45) is 0 Å². The summed E-state index contributed by atoms with van der Waals surface area (Å²) < 4.78 is 0. The zero-order valence-corrected chi connectivity index (χ0v) is 11.5. The first-order chi connectivity index (χ1) is 8.16. The number of thioether (sulfide) groups is 1. The maximum atomic E-state index is 11.4. The molecule has 0 aliphatic carbocycles. The minimum atomic E-state index is -0.321. The minimum absolute atomic E-state index is 0.173. The van der Waals surface area contributed by atoms with Gasteiger partial charge in [0, 0.05) is 7.05 Å². The van der Waals surface area contributed by atoms with E-state index < -0.39 is 0 Å². The second kappa shape index (κ2) is 7.58. The number of hydrogen-bond acceptors (Lipinski definition) is 3. The molecule has 0 spiro atoms. The summed E-state index contributed by atoms with van der Waals surface area (Å²) in [5.41, 5.74) is 0. The molecule has 1 atom stereocenters. The van der Waals surface area contributed by atoms with E-state index in [4.69, 9.17) is 0 Å². The normalized spacial score (nSPS) is 19.9. The maximum Gasteiger partial charge on any atom is 0.325 e. The number of carbonyl (C=O) groups excluding carboxylic acids is 2. The predicted molar refractivity (Wildman–Crippen MR) is 70.9 cm³/mol. The van der Waals surface area contributed by atoms with Crippen molar-refractivity contribution in [2.45, 2.75) is 50.8 Å². The van der Waals surface area contributed by atoms with Crippen LogP contribution in [0.15, 0.2) is 0 Å². The SMILES string of the molecule is CCCCCCCCSC1C(=O)NC(=O)N1C. The van der Waals surface area contributed by atoms with Crippen LogP contribution in [0, 0.1) is 0 Å². The van der Waals surface area contributed by atoms with E-state index in [1.54, 1.807) is 18.8 Å². The monoisotopic (exact) mass is 258 g/mol. The average Bonchev–Trinajstić information content (AvgIpc) is 2.54. The topological polar surface area (TPSA) is 49.4 Å². The van der Waals surface area contributed by atoms with Crippen molar-refractivity contribution in [2.75, 3.05) is 12.8 Å². The van der Waals surface area contributed by atoms with Gasteiger partial charge in [0.05, 0.1) is 0 Å². The summed E-state index contributed by atoms with van der Waals surface area (Å²) >= 11 is 1.56. The van der Waals surface area contributed by atoms with Gasteiger partial charge in [-0.1, -0.05) is 39.0 Å². The Bertz CT molecular complexity index is 271. The molecular weight excluding hydrogens is 236 g/mol. The number of likely N-dealkylation sites (N-methyl/N-ethyl adjacent to an activating group) is 1. The fourth-order valence-corrected chi connectivity index (χ4v) is 2.93. The number of imide groups is 1. The highest BCUT2D eigenvalue weighted by molar-refractivity contribution is 8.00. The lowest BCUT2D eigenvalue weighted by Gasteiger charge is -2.15. The van der Waals surface area contributed by atoms with E-state index >= 15 is 0 Å². The van der Waals surface area contributed by atoms with Crippen LogP contribution < -0.4 is 5.32 Å².